The summed E-state index contributed by atoms with van der Waals surface area (Å²) in [6.07, 6.45) is 0. The van der Waals surface area contributed by atoms with Gasteiger partial charge in [-0.25, -0.2) is 0 Å². The van der Waals surface area contributed by atoms with Gasteiger partial charge in [-0.1, -0.05) is 6.07 Å². The normalized spacial score (nSPS) is 14.2. The third kappa shape index (κ3) is 3.12. The number of thiophene rings is 1. The van der Waals surface area contributed by atoms with Crippen molar-refractivity contribution in [3.63, 3.8) is 0 Å². The van der Waals surface area contributed by atoms with Crippen LogP contribution in [-0.2, 0) is 4.74 Å². The maximum Gasteiger partial charge on any atom is 0.259 e. The van der Waals surface area contributed by atoms with Crippen LogP contribution < -0.4 is 15.4 Å². The third-order valence-corrected chi connectivity index (χ3v) is 5.26. The van der Waals surface area contributed by atoms with Gasteiger partial charge in [0.05, 0.1) is 25.9 Å². The van der Waals surface area contributed by atoms with Crippen molar-refractivity contribution >= 4 is 22.2 Å². The molecule has 0 atom stereocenters. The lowest BCUT2D eigenvalue weighted by atomic mass is 10.0. The molecule has 0 spiro atoms. The van der Waals surface area contributed by atoms with Gasteiger partial charge in [-0.2, -0.15) is 5.26 Å². The van der Waals surface area contributed by atoms with Gasteiger partial charge in [0, 0.05) is 18.7 Å². The Morgan fingerprint density at radius 2 is 2.16 bits per heavy atom. The molecule has 2 aromatic rings. The fourth-order valence-electron chi connectivity index (χ4n) is 2.79. The van der Waals surface area contributed by atoms with E-state index in [1.165, 1.54) is 24.5 Å². The van der Waals surface area contributed by atoms with Gasteiger partial charge in [0.1, 0.15) is 15.9 Å². The van der Waals surface area contributed by atoms with Crippen molar-refractivity contribution in [2.75, 3.05) is 38.3 Å². The van der Waals surface area contributed by atoms with Crippen molar-refractivity contribution in [2.24, 2.45) is 5.73 Å². The Hall–Kier alpha value is -2.76. The van der Waals surface area contributed by atoms with Crippen molar-refractivity contribution in [2.45, 2.75) is 0 Å². The molecule has 1 aliphatic heterocycles. The number of carbonyl (C=O) groups excluding carboxylic acids is 1. The second kappa shape index (κ2) is 7.01. The minimum atomic E-state index is -0.594. The van der Waals surface area contributed by atoms with Crippen molar-refractivity contribution in [3.8, 4) is 28.7 Å². The maximum absolute atomic E-state index is 12.0. The summed E-state index contributed by atoms with van der Waals surface area (Å²) in [4.78, 5) is 14.3. The molecule has 25 heavy (non-hydrogen) atoms. The molecule has 130 valence electrons. The summed E-state index contributed by atoms with van der Waals surface area (Å²) in [6, 6.07) is 6.89. The first kappa shape index (κ1) is 17.1. The number of methoxy groups -OCH3 is 1. The van der Waals surface area contributed by atoms with E-state index in [2.05, 4.69) is 6.07 Å². The van der Waals surface area contributed by atoms with Gasteiger partial charge >= 0.3 is 0 Å². The van der Waals surface area contributed by atoms with Gasteiger partial charge in [0.2, 0.25) is 0 Å². The number of phenols is 1. The van der Waals surface area contributed by atoms with E-state index in [1.807, 2.05) is 4.90 Å². The van der Waals surface area contributed by atoms with E-state index in [4.69, 9.17) is 15.2 Å². The van der Waals surface area contributed by atoms with Crippen LogP contribution in [0.5, 0.6) is 11.5 Å². The Kier molecular flexibility index (Phi) is 4.79. The van der Waals surface area contributed by atoms with Gasteiger partial charge in [-0.05, 0) is 17.7 Å². The molecule has 0 radical (unpaired) electrons. The summed E-state index contributed by atoms with van der Waals surface area (Å²) in [7, 11) is 1.44. The minimum Gasteiger partial charge on any atom is -0.504 e. The van der Waals surface area contributed by atoms with Gasteiger partial charge in [0.25, 0.3) is 5.91 Å². The first-order chi connectivity index (χ1) is 12.1. The molecule has 3 rings (SSSR count). The summed E-state index contributed by atoms with van der Waals surface area (Å²) >= 11 is 1.21. The smallest absolute Gasteiger partial charge is 0.259 e. The standard InChI is InChI=1S/C17H17N3O4S/c1-23-13-8-10(2-3-12(13)21)14-11(9-18)17(25-15(14)16(19)22)20-4-6-24-7-5-20/h2-3,8,21H,4-7H2,1H3,(H2,19,22). The summed E-state index contributed by atoms with van der Waals surface area (Å²) in [6.45, 7) is 2.42. The number of hydrogen-bond acceptors (Lipinski definition) is 7. The second-order valence-electron chi connectivity index (χ2n) is 5.45. The van der Waals surface area contributed by atoms with Crippen LogP contribution in [0.15, 0.2) is 18.2 Å². The molecule has 2 heterocycles. The second-order valence-corrected chi connectivity index (χ2v) is 6.45. The molecule has 1 amide bonds. The zero-order valence-corrected chi connectivity index (χ0v) is 14.4. The number of morpholine rings is 1. The molecule has 0 unspecified atom stereocenters. The summed E-state index contributed by atoms with van der Waals surface area (Å²) in [5.74, 6) is -0.354. The first-order valence-corrected chi connectivity index (χ1v) is 8.45. The van der Waals surface area contributed by atoms with E-state index < -0.39 is 5.91 Å². The zero-order valence-electron chi connectivity index (χ0n) is 13.6. The quantitative estimate of drug-likeness (QED) is 0.863. The number of hydrogen-bond donors (Lipinski definition) is 2. The molecule has 1 aliphatic rings. The van der Waals surface area contributed by atoms with E-state index in [-0.39, 0.29) is 11.5 Å². The van der Waals surface area contributed by atoms with E-state index in [0.717, 1.165) is 0 Å². The molecule has 7 nitrogen and oxygen atoms in total. The van der Waals surface area contributed by atoms with E-state index in [1.54, 1.807) is 12.1 Å². The first-order valence-electron chi connectivity index (χ1n) is 7.63. The lowest BCUT2D eigenvalue weighted by Crippen LogP contribution is -2.36. The summed E-state index contributed by atoms with van der Waals surface area (Å²) < 4.78 is 10.5. The van der Waals surface area contributed by atoms with Crippen LogP contribution in [0.2, 0.25) is 0 Å². The number of nitrogens with two attached hydrogens (primary N) is 1. The molecule has 1 aromatic heterocycles. The predicted molar refractivity (Wildman–Crippen MR) is 94.2 cm³/mol. The molecular weight excluding hydrogens is 342 g/mol. The van der Waals surface area contributed by atoms with E-state index in [9.17, 15) is 15.2 Å². The Bertz CT molecular complexity index is 850. The number of nitriles is 1. The fraction of sp³-hybridized carbons (Fsp3) is 0.294. The number of amides is 1. The molecule has 8 heteroatoms. The minimum absolute atomic E-state index is 0.0194. The highest BCUT2D eigenvalue weighted by atomic mass is 32.1. The maximum atomic E-state index is 12.0. The van der Waals surface area contributed by atoms with Gasteiger partial charge < -0.3 is 25.2 Å². The SMILES string of the molecule is COc1cc(-c2c(C(N)=O)sc(N3CCOCC3)c2C#N)ccc1O. The van der Waals surface area contributed by atoms with Crippen LogP contribution >= 0.6 is 11.3 Å². The van der Waals surface area contributed by atoms with Crippen LogP contribution in [0.1, 0.15) is 15.2 Å². The van der Waals surface area contributed by atoms with Crippen molar-refractivity contribution in [1.29, 1.82) is 5.26 Å². The Labute approximate surface area is 148 Å². The molecule has 1 saturated heterocycles. The third-order valence-electron chi connectivity index (χ3n) is 3.99. The molecule has 1 aromatic carbocycles. The lowest BCUT2D eigenvalue weighted by Gasteiger charge is -2.27. The van der Waals surface area contributed by atoms with E-state index >= 15 is 0 Å². The highest BCUT2D eigenvalue weighted by Gasteiger charge is 2.27. The summed E-state index contributed by atoms with van der Waals surface area (Å²) in [5, 5.41) is 20.2. The lowest BCUT2D eigenvalue weighted by molar-refractivity contribution is 0.100. The topological polar surface area (TPSA) is 109 Å². The van der Waals surface area contributed by atoms with Gasteiger partial charge in [-0.15, -0.1) is 11.3 Å². The number of anilines is 1. The average molecular weight is 359 g/mol. The highest BCUT2D eigenvalue weighted by molar-refractivity contribution is 7.18. The van der Waals surface area contributed by atoms with Crippen molar-refractivity contribution in [3.05, 3.63) is 28.6 Å². The highest BCUT2D eigenvalue weighted by Crippen LogP contribution is 2.43. The van der Waals surface area contributed by atoms with Crippen LogP contribution in [0, 0.1) is 11.3 Å². The number of carbonyl (C=O) groups is 1. The Morgan fingerprint density at radius 1 is 1.44 bits per heavy atom. The monoisotopic (exact) mass is 359 g/mol. The predicted octanol–water partition coefficient (Wildman–Crippen LogP) is 1.94. The number of rotatable bonds is 4. The summed E-state index contributed by atoms with van der Waals surface area (Å²) in [5.41, 5.74) is 7.02. The van der Waals surface area contributed by atoms with Crippen LogP contribution in [-0.4, -0.2) is 44.4 Å². The molecule has 1 fully saturated rings. The van der Waals surface area contributed by atoms with E-state index in [0.29, 0.717) is 52.9 Å². The Morgan fingerprint density at radius 3 is 2.76 bits per heavy atom. The van der Waals surface area contributed by atoms with Crippen LogP contribution in [0.25, 0.3) is 11.1 Å². The van der Waals surface area contributed by atoms with Crippen molar-refractivity contribution < 1.29 is 19.4 Å². The molecule has 3 N–H and O–H groups in total. The number of phenolic OH excluding ortho intramolecular Hbond substituents is 1. The molecular formula is C17H17N3O4S. The average Bonchev–Trinajstić information content (AvgIpc) is 3.02. The largest absolute Gasteiger partial charge is 0.504 e. The van der Waals surface area contributed by atoms with Gasteiger partial charge in [-0.3, -0.25) is 4.79 Å². The Balaban J connectivity index is 2.19. The number of nitrogens with zero attached hydrogens (tertiary/aromatic N) is 2. The molecule has 0 saturated carbocycles. The number of benzene rings is 1. The van der Waals surface area contributed by atoms with Gasteiger partial charge in [0.15, 0.2) is 11.5 Å². The molecule has 0 bridgehead atoms. The number of aromatic hydroxyl groups is 1. The molecule has 0 aliphatic carbocycles. The zero-order chi connectivity index (χ0) is 18.0. The number of primary amides is 1. The fourth-order valence-corrected chi connectivity index (χ4v) is 3.97. The van der Waals surface area contributed by atoms with Crippen LogP contribution in [0.3, 0.4) is 0 Å². The van der Waals surface area contributed by atoms with Crippen LogP contribution in [0.4, 0.5) is 5.00 Å². The number of ether oxygens (including phenoxy) is 2. The van der Waals surface area contributed by atoms with Crippen molar-refractivity contribution in [1.82, 2.24) is 0 Å².